The number of benzene rings is 2. The lowest BCUT2D eigenvalue weighted by Gasteiger charge is -2.09. The van der Waals surface area contributed by atoms with Crippen molar-refractivity contribution in [2.75, 3.05) is 26.8 Å². The lowest BCUT2D eigenvalue weighted by Crippen LogP contribution is -2.24. The van der Waals surface area contributed by atoms with Crippen molar-refractivity contribution >= 4 is 23.3 Å². The predicted octanol–water partition coefficient (Wildman–Crippen LogP) is 2.95. The molecule has 1 N–H and O–H groups in total. The minimum absolute atomic E-state index is 0.129. The quantitative estimate of drug-likeness (QED) is 0.382. The average molecular weight is 480 g/mol. The van der Waals surface area contributed by atoms with E-state index in [1.807, 2.05) is 48.5 Å². The van der Waals surface area contributed by atoms with Gasteiger partial charge in [-0.25, -0.2) is 0 Å². The van der Waals surface area contributed by atoms with E-state index < -0.39 is 0 Å². The first-order valence-electron chi connectivity index (χ1n) is 10.4. The third-order valence-corrected chi connectivity index (χ3v) is 6.09. The Morgan fingerprint density at radius 3 is 2.74 bits per heavy atom. The van der Waals surface area contributed by atoms with Crippen LogP contribution in [0.15, 0.2) is 53.7 Å². The molecule has 34 heavy (non-hydrogen) atoms. The van der Waals surface area contributed by atoms with Gasteiger partial charge in [0.25, 0.3) is 0 Å². The van der Waals surface area contributed by atoms with Gasteiger partial charge in [0, 0.05) is 12.1 Å². The van der Waals surface area contributed by atoms with Crippen LogP contribution in [0, 0.1) is 0 Å². The number of carbonyl (C=O) groups excluding carboxylic acids is 1. The third kappa shape index (κ3) is 4.42. The minimum Gasteiger partial charge on any atom is -0.493 e. The summed E-state index contributed by atoms with van der Waals surface area (Å²) < 4.78 is 23.0. The Morgan fingerprint density at radius 2 is 1.88 bits per heavy atom. The van der Waals surface area contributed by atoms with Gasteiger partial charge in [-0.1, -0.05) is 17.8 Å². The highest BCUT2D eigenvalue weighted by molar-refractivity contribution is 7.99. The van der Waals surface area contributed by atoms with E-state index in [4.69, 9.17) is 18.9 Å². The maximum absolute atomic E-state index is 12.4. The van der Waals surface area contributed by atoms with Crippen LogP contribution in [-0.4, -0.2) is 52.5 Å². The van der Waals surface area contributed by atoms with Gasteiger partial charge in [-0.05, 0) is 48.0 Å². The van der Waals surface area contributed by atoms with Gasteiger partial charge in [-0.3, -0.25) is 4.79 Å². The summed E-state index contributed by atoms with van der Waals surface area (Å²) in [6.07, 6.45) is 0. The number of methoxy groups -OCH3 is 2. The largest absolute Gasteiger partial charge is 0.493 e. The molecule has 174 valence electrons. The molecule has 0 saturated carbocycles. The van der Waals surface area contributed by atoms with Gasteiger partial charge in [0.2, 0.25) is 17.9 Å². The zero-order valence-electron chi connectivity index (χ0n) is 18.5. The summed E-state index contributed by atoms with van der Waals surface area (Å²) >= 11 is 1.26. The molecule has 0 fully saturated rings. The molecule has 3 heterocycles. The summed E-state index contributed by atoms with van der Waals surface area (Å²) in [7, 11) is 3.18. The first-order valence-corrected chi connectivity index (χ1v) is 11.4. The van der Waals surface area contributed by atoms with Crippen LogP contribution in [-0.2, 0) is 11.3 Å². The number of fused-ring (bicyclic) bond motifs is 2. The van der Waals surface area contributed by atoms with Crippen molar-refractivity contribution in [3.05, 3.63) is 54.1 Å². The Hall–Kier alpha value is -3.99. The van der Waals surface area contributed by atoms with E-state index in [1.165, 1.54) is 11.8 Å². The second-order valence-electron chi connectivity index (χ2n) is 7.29. The molecule has 1 aliphatic heterocycles. The molecule has 0 radical (unpaired) electrons. The van der Waals surface area contributed by atoms with Gasteiger partial charge in [0.15, 0.2) is 28.6 Å². The van der Waals surface area contributed by atoms with Crippen molar-refractivity contribution in [2.45, 2.75) is 11.7 Å². The first-order chi connectivity index (χ1) is 16.6. The summed E-state index contributed by atoms with van der Waals surface area (Å²) in [5, 5.41) is 16.4. The van der Waals surface area contributed by atoms with Crippen LogP contribution >= 0.6 is 11.8 Å². The van der Waals surface area contributed by atoms with E-state index in [0.717, 1.165) is 11.1 Å². The standard InChI is InChI=1S/C23H21N5O5S/c1-30-17-7-4-15(10-19(17)31-2)16-5-8-21-25-26-23(28(21)27-16)34-12-22(29)24-11-14-3-6-18-20(9-14)33-13-32-18/h3-10H,11-13H2,1-2H3,(H,24,29). The van der Waals surface area contributed by atoms with Crippen molar-refractivity contribution in [3.63, 3.8) is 0 Å². The van der Waals surface area contributed by atoms with Crippen molar-refractivity contribution in [1.82, 2.24) is 25.1 Å². The highest BCUT2D eigenvalue weighted by Gasteiger charge is 2.15. The molecule has 0 bridgehead atoms. The van der Waals surface area contributed by atoms with Gasteiger partial charge < -0.3 is 24.3 Å². The average Bonchev–Trinajstić information content (AvgIpc) is 3.51. The monoisotopic (exact) mass is 479 g/mol. The number of aromatic nitrogens is 4. The maximum Gasteiger partial charge on any atom is 0.231 e. The summed E-state index contributed by atoms with van der Waals surface area (Å²) in [6.45, 7) is 0.605. The van der Waals surface area contributed by atoms with E-state index in [-0.39, 0.29) is 18.5 Å². The zero-order valence-corrected chi connectivity index (χ0v) is 19.3. The van der Waals surface area contributed by atoms with Crippen LogP contribution in [0.5, 0.6) is 23.0 Å². The lowest BCUT2D eigenvalue weighted by molar-refractivity contribution is -0.118. The van der Waals surface area contributed by atoms with E-state index in [2.05, 4.69) is 20.6 Å². The van der Waals surface area contributed by atoms with Crippen molar-refractivity contribution in [3.8, 4) is 34.3 Å². The van der Waals surface area contributed by atoms with Crippen LogP contribution < -0.4 is 24.3 Å². The Bertz CT molecular complexity index is 1360. The topological polar surface area (TPSA) is 109 Å². The number of thioether (sulfide) groups is 1. The van der Waals surface area contributed by atoms with Crippen molar-refractivity contribution < 1.29 is 23.7 Å². The number of amides is 1. The molecule has 2 aromatic heterocycles. The first kappa shape index (κ1) is 21.8. The normalized spacial score (nSPS) is 12.1. The second kappa shape index (κ2) is 9.48. The van der Waals surface area contributed by atoms with Crippen LogP contribution in [0.25, 0.3) is 16.9 Å². The highest BCUT2D eigenvalue weighted by atomic mass is 32.2. The number of hydrogen-bond donors (Lipinski definition) is 1. The molecule has 0 saturated heterocycles. The van der Waals surface area contributed by atoms with E-state index in [0.29, 0.717) is 46.0 Å². The summed E-state index contributed by atoms with van der Waals surface area (Å²) in [4.78, 5) is 12.4. The number of nitrogens with zero attached hydrogens (tertiary/aromatic N) is 4. The van der Waals surface area contributed by atoms with E-state index >= 15 is 0 Å². The molecule has 11 heteroatoms. The molecule has 0 unspecified atom stereocenters. The Balaban J connectivity index is 1.25. The predicted molar refractivity (Wildman–Crippen MR) is 124 cm³/mol. The van der Waals surface area contributed by atoms with Crippen LogP contribution in [0.3, 0.4) is 0 Å². The smallest absolute Gasteiger partial charge is 0.231 e. The number of carbonyl (C=O) groups is 1. The number of ether oxygens (including phenoxy) is 4. The second-order valence-corrected chi connectivity index (χ2v) is 8.24. The molecule has 1 amide bonds. The molecule has 0 aliphatic carbocycles. The lowest BCUT2D eigenvalue weighted by atomic mass is 10.1. The highest BCUT2D eigenvalue weighted by Crippen LogP contribution is 2.33. The fraction of sp³-hybridized carbons (Fsp3) is 0.217. The fourth-order valence-electron chi connectivity index (χ4n) is 3.44. The third-order valence-electron chi connectivity index (χ3n) is 5.17. The van der Waals surface area contributed by atoms with Gasteiger partial charge in [-0.2, -0.15) is 9.61 Å². The molecule has 0 spiro atoms. The minimum atomic E-state index is -0.129. The van der Waals surface area contributed by atoms with E-state index in [1.54, 1.807) is 18.7 Å². The fourth-order valence-corrected chi connectivity index (χ4v) is 4.16. The van der Waals surface area contributed by atoms with Crippen molar-refractivity contribution in [2.24, 2.45) is 0 Å². The summed E-state index contributed by atoms with van der Waals surface area (Å²) in [5.41, 5.74) is 3.08. The Morgan fingerprint density at radius 1 is 1.03 bits per heavy atom. The molecular weight excluding hydrogens is 458 g/mol. The Labute approximate surface area is 199 Å². The van der Waals surface area contributed by atoms with Gasteiger partial charge in [0.05, 0.1) is 25.7 Å². The van der Waals surface area contributed by atoms with Gasteiger partial charge >= 0.3 is 0 Å². The number of rotatable bonds is 8. The molecule has 10 nitrogen and oxygen atoms in total. The maximum atomic E-state index is 12.4. The van der Waals surface area contributed by atoms with E-state index in [9.17, 15) is 4.79 Å². The van der Waals surface area contributed by atoms with Gasteiger partial charge in [-0.15, -0.1) is 10.2 Å². The summed E-state index contributed by atoms with van der Waals surface area (Å²) in [6, 6.07) is 14.9. The van der Waals surface area contributed by atoms with Crippen LogP contribution in [0.1, 0.15) is 5.56 Å². The SMILES string of the molecule is COc1ccc(-c2ccc3nnc(SCC(=O)NCc4ccc5c(c4)OCO5)n3n2)cc1OC. The van der Waals surface area contributed by atoms with Crippen molar-refractivity contribution in [1.29, 1.82) is 0 Å². The molecule has 2 aromatic carbocycles. The van der Waals surface area contributed by atoms with Gasteiger partial charge in [0.1, 0.15) is 0 Å². The molecule has 5 rings (SSSR count). The van der Waals surface area contributed by atoms with Crippen LogP contribution in [0.2, 0.25) is 0 Å². The summed E-state index contributed by atoms with van der Waals surface area (Å²) in [5.74, 6) is 2.69. The Kier molecular flexibility index (Phi) is 6.09. The van der Waals surface area contributed by atoms with Crippen LogP contribution in [0.4, 0.5) is 0 Å². The molecule has 0 atom stereocenters. The number of nitrogens with one attached hydrogen (secondary N) is 1. The molecule has 1 aliphatic rings. The zero-order chi connectivity index (χ0) is 23.5. The molecule has 4 aromatic rings. The molecular formula is C23H21N5O5S. The number of hydrogen-bond acceptors (Lipinski definition) is 9.